The van der Waals surface area contributed by atoms with E-state index in [0.717, 1.165) is 39.1 Å². The van der Waals surface area contributed by atoms with Crippen molar-refractivity contribution in [3.8, 4) is 0 Å². The van der Waals surface area contributed by atoms with Gasteiger partial charge >= 0.3 is 0 Å². The standard InChI is InChI=1S/C14H30N2O2/c1-3-7-15-14(11-17)6-9-16-8-4-5-13(10-16)12-18-2/h13-15,17H,3-12H2,1-2H3. The first-order valence-electron chi connectivity index (χ1n) is 7.35. The van der Waals surface area contributed by atoms with Crippen LogP contribution in [-0.2, 0) is 4.74 Å². The van der Waals surface area contributed by atoms with E-state index in [1.165, 1.54) is 19.4 Å². The molecule has 0 amide bonds. The van der Waals surface area contributed by atoms with E-state index in [1.54, 1.807) is 7.11 Å². The molecule has 2 unspecified atom stereocenters. The number of nitrogens with one attached hydrogen (secondary N) is 1. The normalized spacial score (nSPS) is 23.2. The molecular weight excluding hydrogens is 228 g/mol. The van der Waals surface area contributed by atoms with Gasteiger partial charge in [-0.15, -0.1) is 0 Å². The highest BCUT2D eigenvalue weighted by molar-refractivity contribution is 4.75. The zero-order valence-electron chi connectivity index (χ0n) is 12.0. The molecule has 0 spiro atoms. The van der Waals surface area contributed by atoms with Crippen LogP contribution in [0.3, 0.4) is 0 Å². The minimum atomic E-state index is 0.245. The average Bonchev–Trinajstić information content (AvgIpc) is 2.40. The zero-order valence-corrected chi connectivity index (χ0v) is 12.0. The topological polar surface area (TPSA) is 44.7 Å². The van der Waals surface area contributed by atoms with Gasteiger partial charge in [-0.25, -0.2) is 0 Å². The van der Waals surface area contributed by atoms with E-state index in [0.29, 0.717) is 5.92 Å². The van der Waals surface area contributed by atoms with Crippen LogP contribution in [0, 0.1) is 5.92 Å². The first kappa shape index (κ1) is 15.9. The molecule has 1 saturated heterocycles. The van der Waals surface area contributed by atoms with Gasteiger partial charge in [-0.3, -0.25) is 0 Å². The second-order valence-corrected chi connectivity index (χ2v) is 5.39. The van der Waals surface area contributed by atoms with E-state index < -0.39 is 0 Å². The molecule has 1 aliphatic rings. The van der Waals surface area contributed by atoms with Crippen LogP contribution in [-0.4, -0.2) is 62.6 Å². The van der Waals surface area contributed by atoms with Crippen LogP contribution in [0.25, 0.3) is 0 Å². The predicted octanol–water partition coefficient (Wildman–Crippen LogP) is 1.10. The Kier molecular flexibility index (Phi) is 8.59. The third kappa shape index (κ3) is 6.14. The molecule has 0 bridgehead atoms. The van der Waals surface area contributed by atoms with Gasteiger partial charge in [-0.05, 0) is 51.2 Å². The van der Waals surface area contributed by atoms with Crippen molar-refractivity contribution in [2.45, 2.75) is 38.6 Å². The summed E-state index contributed by atoms with van der Waals surface area (Å²) in [5, 5.41) is 12.7. The Morgan fingerprint density at radius 3 is 3.00 bits per heavy atom. The first-order valence-corrected chi connectivity index (χ1v) is 7.35. The summed E-state index contributed by atoms with van der Waals surface area (Å²) in [6.45, 7) is 7.72. The predicted molar refractivity (Wildman–Crippen MR) is 74.8 cm³/mol. The molecule has 4 heteroatoms. The maximum Gasteiger partial charge on any atom is 0.0585 e. The lowest BCUT2D eigenvalue weighted by Crippen LogP contribution is -2.41. The maximum absolute atomic E-state index is 9.32. The molecule has 0 radical (unpaired) electrons. The Bertz CT molecular complexity index is 200. The minimum Gasteiger partial charge on any atom is -0.395 e. The number of methoxy groups -OCH3 is 1. The molecule has 0 aromatic carbocycles. The Hall–Kier alpha value is -0.160. The molecule has 1 heterocycles. The molecule has 108 valence electrons. The Labute approximate surface area is 112 Å². The molecule has 0 aromatic heterocycles. The van der Waals surface area contributed by atoms with Gasteiger partial charge in [0.15, 0.2) is 0 Å². The number of likely N-dealkylation sites (tertiary alicyclic amines) is 1. The number of rotatable bonds is 9. The summed E-state index contributed by atoms with van der Waals surface area (Å²) in [7, 11) is 1.79. The second-order valence-electron chi connectivity index (χ2n) is 5.39. The Balaban J connectivity index is 2.20. The van der Waals surface area contributed by atoms with E-state index in [2.05, 4.69) is 17.1 Å². The van der Waals surface area contributed by atoms with Gasteiger partial charge in [0.05, 0.1) is 13.2 Å². The number of ether oxygens (including phenoxy) is 1. The van der Waals surface area contributed by atoms with Crippen LogP contribution >= 0.6 is 0 Å². The summed E-state index contributed by atoms with van der Waals surface area (Å²) in [5.41, 5.74) is 0. The number of aliphatic hydroxyl groups excluding tert-OH is 1. The molecule has 1 aliphatic heterocycles. The Morgan fingerprint density at radius 1 is 1.50 bits per heavy atom. The van der Waals surface area contributed by atoms with Crippen molar-refractivity contribution < 1.29 is 9.84 Å². The summed E-state index contributed by atoms with van der Waals surface area (Å²) in [4.78, 5) is 2.52. The molecule has 0 aliphatic carbocycles. The summed E-state index contributed by atoms with van der Waals surface area (Å²) in [6.07, 6.45) is 4.73. The van der Waals surface area contributed by atoms with Crippen molar-refractivity contribution in [1.82, 2.24) is 10.2 Å². The summed E-state index contributed by atoms with van der Waals surface area (Å²) >= 11 is 0. The zero-order chi connectivity index (χ0) is 13.2. The van der Waals surface area contributed by atoms with Crippen LogP contribution in [0.5, 0.6) is 0 Å². The van der Waals surface area contributed by atoms with Crippen molar-refractivity contribution in [1.29, 1.82) is 0 Å². The third-order valence-corrected chi connectivity index (χ3v) is 3.70. The minimum absolute atomic E-state index is 0.245. The van der Waals surface area contributed by atoms with Crippen LogP contribution in [0.15, 0.2) is 0 Å². The number of nitrogens with zero attached hydrogens (tertiary/aromatic N) is 1. The van der Waals surface area contributed by atoms with Gasteiger partial charge in [0.1, 0.15) is 0 Å². The monoisotopic (exact) mass is 258 g/mol. The van der Waals surface area contributed by atoms with Gasteiger partial charge in [0.2, 0.25) is 0 Å². The number of hydrogen-bond acceptors (Lipinski definition) is 4. The highest BCUT2D eigenvalue weighted by Crippen LogP contribution is 2.16. The van der Waals surface area contributed by atoms with Gasteiger partial charge in [0, 0.05) is 19.7 Å². The number of aliphatic hydroxyl groups is 1. The second kappa shape index (κ2) is 9.73. The molecule has 2 atom stereocenters. The number of hydrogen-bond donors (Lipinski definition) is 2. The SMILES string of the molecule is CCCNC(CO)CCN1CCCC(COC)C1. The van der Waals surface area contributed by atoms with E-state index >= 15 is 0 Å². The van der Waals surface area contributed by atoms with Gasteiger partial charge in [-0.2, -0.15) is 0 Å². The van der Waals surface area contributed by atoms with E-state index in [1.807, 2.05) is 0 Å². The summed E-state index contributed by atoms with van der Waals surface area (Å²) in [6, 6.07) is 0.257. The van der Waals surface area contributed by atoms with Crippen molar-refractivity contribution in [2.24, 2.45) is 5.92 Å². The van der Waals surface area contributed by atoms with Crippen molar-refractivity contribution in [2.75, 3.05) is 46.5 Å². The van der Waals surface area contributed by atoms with Crippen LogP contribution < -0.4 is 5.32 Å². The molecule has 4 nitrogen and oxygen atoms in total. The fourth-order valence-electron chi connectivity index (χ4n) is 2.67. The molecular formula is C14H30N2O2. The van der Waals surface area contributed by atoms with Gasteiger partial charge in [0.25, 0.3) is 0 Å². The highest BCUT2D eigenvalue weighted by atomic mass is 16.5. The maximum atomic E-state index is 9.32. The molecule has 0 aromatic rings. The van der Waals surface area contributed by atoms with E-state index in [4.69, 9.17) is 4.74 Å². The van der Waals surface area contributed by atoms with Crippen molar-refractivity contribution >= 4 is 0 Å². The van der Waals surface area contributed by atoms with Crippen molar-refractivity contribution in [3.63, 3.8) is 0 Å². The first-order chi connectivity index (χ1) is 8.80. The van der Waals surface area contributed by atoms with Crippen LogP contribution in [0.2, 0.25) is 0 Å². The highest BCUT2D eigenvalue weighted by Gasteiger charge is 2.20. The summed E-state index contributed by atoms with van der Waals surface area (Å²) < 4.78 is 5.25. The lowest BCUT2D eigenvalue weighted by Gasteiger charge is -2.33. The fourth-order valence-corrected chi connectivity index (χ4v) is 2.67. The van der Waals surface area contributed by atoms with Gasteiger partial charge < -0.3 is 20.1 Å². The molecule has 1 fully saturated rings. The molecule has 18 heavy (non-hydrogen) atoms. The number of piperidine rings is 1. The molecule has 0 saturated carbocycles. The smallest absolute Gasteiger partial charge is 0.0585 e. The van der Waals surface area contributed by atoms with E-state index in [-0.39, 0.29) is 12.6 Å². The summed E-state index contributed by atoms with van der Waals surface area (Å²) in [5.74, 6) is 0.694. The van der Waals surface area contributed by atoms with E-state index in [9.17, 15) is 5.11 Å². The largest absolute Gasteiger partial charge is 0.395 e. The molecule has 1 rings (SSSR count). The average molecular weight is 258 g/mol. The Morgan fingerprint density at radius 2 is 2.33 bits per heavy atom. The lowest BCUT2D eigenvalue weighted by molar-refractivity contribution is 0.0869. The van der Waals surface area contributed by atoms with Crippen molar-refractivity contribution in [3.05, 3.63) is 0 Å². The van der Waals surface area contributed by atoms with Crippen LogP contribution in [0.1, 0.15) is 32.6 Å². The fraction of sp³-hybridized carbons (Fsp3) is 1.00. The van der Waals surface area contributed by atoms with Crippen LogP contribution in [0.4, 0.5) is 0 Å². The quantitative estimate of drug-likeness (QED) is 0.650. The van der Waals surface area contributed by atoms with Gasteiger partial charge in [-0.1, -0.05) is 6.92 Å². The lowest BCUT2D eigenvalue weighted by atomic mass is 9.98. The molecule has 2 N–H and O–H groups in total. The third-order valence-electron chi connectivity index (χ3n) is 3.70.